The lowest BCUT2D eigenvalue weighted by molar-refractivity contribution is 0.494. The Bertz CT molecular complexity index is 184. The maximum atomic E-state index is 4.06. The summed E-state index contributed by atoms with van der Waals surface area (Å²) in [5, 5.41) is 0. The molecule has 0 radical (unpaired) electrons. The third-order valence-electron chi connectivity index (χ3n) is 3.30. The van der Waals surface area contributed by atoms with E-state index in [0.29, 0.717) is 0 Å². The SMILES string of the molecule is C=CC[Si](Br)(CC=C)C1CCCCC1. The Kier molecular flexibility index (Phi) is 5.17. The van der Waals surface area contributed by atoms with Crippen molar-refractivity contribution in [3.8, 4) is 0 Å². The fraction of sp³-hybridized carbons (Fsp3) is 0.667. The summed E-state index contributed by atoms with van der Waals surface area (Å²) < 4.78 is 0. The maximum absolute atomic E-state index is 4.06. The third kappa shape index (κ3) is 3.09. The van der Waals surface area contributed by atoms with Crippen molar-refractivity contribution in [3.63, 3.8) is 0 Å². The first-order valence-electron chi connectivity index (χ1n) is 5.63. The highest BCUT2D eigenvalue weighted by atomic mass is 79.9. The Morgan fingerprint density at radius 2 is 1.57 bits per heavy atom. The number of rotatable bonds is 5. The molecule has 0 N–H and O–H groups in total. The molecule has 80 valence electrons. The molecule has 1 fully saturated rings. The predicted octanol–water partition coefficient (Wildman–Crippen LogP) is 5.03. The van der Waals surface area contributed by atoms with Crippen LogP contribution in [0.25, 0.3) is 0 Å². The molecular formula is C12H21BrSi. The molecule has 0 aromatic heterocycles. The normalized spacial score (nSPS) is 19.2. The van der Waals surface area contributed by atoms with Crippen LogP contribution < -0.4 is 0 Å². The van der Waals surface area contributed by atoms with Crippen LogP contribution in [0.1, 0.15) is 32.1 Å². The summed E-state index contributed by atoms with van der Waals surface area (Å²) >= 11 is 4.06. The van der Waals surface area contributed by atoms with E-state index in [1.807, 2.05) is 0 Å². The second kappa shape index (κ2) is 5.91. The smallest absolute Gasteiger partial charge is 0.125 e. The molecule has 0 unspecified atom stereocenters. The highest BCUT2D eigenvalue weighted by Gasteiger charge is 2.37. The zero-order chi connectivity index (χ0) is 10.4. The highest BCUT2D eigenvalue weighted by molar-refractivity contribution is 9.26. The molecule has 1 aliphatic rings. The molecule has 1 rings (SSSR count). The number of allylic oxidation sites excluding steroid dienone is 2. The first-order chi connectivity index (χ1) is 6.73. The summed E-state index contributed by atoms with van der Waals surface area (Å²) in [6.45, 7) is 6.51. The Morgan fingerprint density at radius 3 is 2.00 bits per heavy atom. The highest BCUT2D eigenvalue weighted by Crippen LogP contribution is 2.44. The van der Waals surface area contributed by atoms with Crippen LogP contribution in [-0.2, 0) is 0 Å². The molecular weight excluding hydrogens is 252 g/mol. The Balaban J connectivity index is 2.62. The number of hydrogen-bond acceptors (Lipinski definition) is 0. The minimum Gasteiger partial charge on any atom is -0.125 e. The van der Waals surface area contributed by atoms with Gasteiger partial charge in [0.15, 0.2) is 0 Å². The van der Waals surface area contributed by atoms with Gasteiger partial charge in [-0.1, -0.05) is 44.3 Å². The van der Waals surface area contributed by atoms with Gasteiger partial charge in [-0.15, -0.1) is 28.5 Å². The predicted molar refractivity (Wildman–Crippen MR) is 71.5 cm³/mol. The van der Waals surface area contributed by atoms with Crippen LogP contribution in [0.3, 0.4) is 0 Å². The van der Waals surface area contributed by atoms with E-state index >= 15 is 0 Å². The van der Waals surface area contributed by atoms with Gasteiger partial charge in [0.25, 0.3) is 0 Å². The van der Waals surface area contributed by atoms with E-state index in [9.17, 15) is 0 Å². The Hall–Kier alpha value is 0.177. The zero-order valence-corrected chi connectivity index (χ0v) is 11.6. The number of halogens is 1. The van der Waals surface area contributed by atoms with Gasteiger partial charge >= 0.3 is 0 Å². The van der Waals surface area contributed by atoms with Gasteiger partial charge in [-0.3, -0.25) is 0 Å². The standard InChI is InChI=1S/C12H21BrSi/c1-3-10-14(13,11-4-2)12-8-6-5-7-9-12/h3-4,12H,1-2,5-11H2. The van der Waals surface area contributed by atoms with Crippen molar-refractivity contribution in [3.05, 3.63) is 25.3 Å². The molecule has 1 saturated carbocycles. The lowest BCUT2D eigenvalue weighted by atomic mass is 10.0. The average Bonchev–Trinajstić information content (AvgIpc) is 2.20. The summed E-state index contributed by atoms with van der Waals surface area (Å²) in [7, 11) is 0. The lowest BCUT2D eigenvalue weighted by Gasteiger charge is -2.35. The summed E-state index contributed by atoms with van der Waals surface area (Å²) in [4.78, 5) is 0. The minimum atomic E-state index is -1.27. The average molecular weight is 273 g/mol. The maximum Gasteiger partial charge on any atom is 0.140 e. The molecule has 1 aliphatic carbocycles. The molecule has 0 heterocycles. The van der Waals surface area contributed by atoms with Crippen LogP contribution in [0, 0.1) is 0 Å². The second-order valence-corrected chi connectivity index (χ2v) is 12.8. The monoisotopic (exact) mass is 272 g/mol. The summed E-state index contributed by atoms with van der Waals surface area (Å²) in [5.41, 5.74) is 0.951. The van der Waals surface area contributed by atoms with Crippen LogP contribution in [0.15, 0.2) is 25.3 Å². The Morgan fingerprint density at radius 1 is 1.07 bits per heavy atom. The van der Waals surface area contributed by atoms with Gasteiger partial charge in [-0.05, 0) is 17.6 Å². The van der Waals surface area contributed by atoms with Gasteiger partial charge < -0.3 is 0 Å². The Labute approximate surface area is 97.1 Å². The van der Waals surface area contributed by atoms with E-state index in [1.165, 1.54) is 44.2 Å². The van der Waals surface area contributed by atoms with Crippen LogP contribution >= 0.6 is 15.3 Å². The van der Waals surface area contributed by atoms with E-state index < -0.39 is 6.69 Å². The fourth-order valence-electron chi connectivity index (χ4n) is 2.52. The quantitative estimate of drug-likeness (QED) is 0.374. The first-order valence-corrected chi connectivity index (χ1v) is 10.4. The largest absolute Gasteiger partial charge is 0.140 e. The molecule has 2 heteroatoms. The zero-order valence-electron chi connectivity index (χ0n) is 8.97. The van der Waals surface area contributed by atoms with Crippen molar-refractivity contribution in [2.45, 2.75) is 49.7 Å². The van der Waals surface area contributed by atoms with Crippen molar-refractivity contribution >= 4 is 22.0 Å². The van der Waals surface area contributed by atoms with Gasteiger partial charge in [0.2, 0.25) is 0 Å². The minimum absolute atomic E-state index is 0.951. The van der Waals surface area contributed by atoms with E-state index in [-0.39, 0.29) is 0 Å². The van der Waals surface area contributed by atoms with Crippen molar-refractivity contribution in [2.24, 2.45) is 0 Å². The van der Waals surface area contributed by atoms with Gasteiger partial charge in [-0.2, -0.15) is 0 Å². The van der Waals surface area contributed by atoms with Crippen LogP contribution in [-0.4, -0.2) is 6.69 Å². The molecule has 0 aromatic carbocycles. The molecule has 0 bridgehead atoms. The van der Waals surface area contributed by atoms with Crippen molar-refractivity contribution in [1.29, 1.82) is 0 Å². The lowest BCUT2D eigenvalue weighted by Crippen LogP contribution is -2.33. The van der Waals surface area contributed by atoms with Crippen LogP contribution in [0.2, 0.25) is 17.6 Å². The summed E-state index contributed by atoms with van der Waals surface area (Å²) in [5.74, 6) is 0. The van der Waals surface area contributed by atoms with Gasteiger partial charge in [-0.25, -0.2) is 0 Å². The van der Waals surface area contributed by atoms with E-state index in [2.05, 4.69) is 40.6 Å². The van der Waals surface area contributed by atoms with Crippen molar-refractivity contribution in [1.82, 2.24) is 0 Å². The molecule has 0 aliphatic heterocycles. The second-order valence-electron chi connectivity index (χ2n) is 4.36. The first kappa shape index (κ1) is 12.2. The van der Waals surface area contributed by atoms with Crippen LogP contribution in [0.5, 0.6) is 0 Å². The molecule has 0 aromatic rings. The molecule has 0 atom stereocenters. The summed E-state index contributed by atoms with van der Waals surface area (Å²) in [6, 6.07) is 2.40. The van der Waals surface area contributed by atoms with Gasteiger partial charge in [0.05, 0.1) is 0 Å². The fourth-order valence-corrected chi connectivity index (χ4v) is 8.50. The van der Waals surface area contributed by atoms with E-state index in [0.717, 1.165) is 5.54 Å². The molecule has 14 heavy (non-hydrogen) atoms. The van der Waals surface area contributed by atoms with Gasteiger partial charge in [0.1, 0.15) is 6.69 Å². The van der Waals surface area contributed by atoms with Gasteiger partial charge in [0, 0.05) is 0 Å². The van der Waals surface area contributed by atoms with Crippen molar-refractivity contribution in [2.75, 3.05) is 0 Å². The number of hydrogen-bond donors (Lipinski definition) is 0. The van der Waals surface area contributed by atoms with E-state index in [4.69, 9.17) is 0 Å². The molecule has 0 spiro atoms. The third-order valence-corrected chi connectivity index (χ3v) is 11.2. The molecule has 0 saturated heterocycles. The molecule has 0 amide bonds. The summed E-state index contributed by atoms with van der Waals surface area (Å²) in [6.07, 6.45) is 11.4. The molecule has 0 nitrogen and oxygen atoms in total. The van der Waals surface area contributed by atoms with Crippen molar-refractivity contribution < 1.29 is 0 Å². The topological polar surface area (TPSA) is 0 Å². The van der Waals surface area contributed by atoms with Crippen LogP contribution in [0.4, 0.5) is 0 Å². The van der Waals surface area contributed by atoms with E-state index in [1.54, 1.807) is 0 Å².